The van der Waals surface area contributed by atoms with Crippen molar-refractivity contribution >= 4 is 33.2 Å². The van der Waals surface area contributed by atoms with Crippen LogP contribution in [0.15, 0.2) is 15.2 Å². The van der Waals surface area contributed by atoms with Crippen molar-refractivity contribution in [2.45, 2.75) is 6.92 Å². The van der Waals surface area contributed by atoms with E-state index in [1.165, 1.54) is 11.3 Å². The monoisotopic (exact) mass is 276 g/mol. The number of hydrogen-bond donors (Lipinski definition) is 2. The summed E-state index contributed by atoms with van der Waals surface area (Å²) in [7, 11) is 0. The van der Waals surface area contributed by atoms with Gasteiger partial charge in [-0.15, -0.1) is 11.3 Å². The molecule has 1 unspecified atom stereocenters. The average Bonchev–Trinajstić information content (AvgIpc) is 2.60. The lowest BCUT2D eigenvalue weighted by Gasteiger charge is -2.08. The molecule has 0 aliphatic carbocycles. The summed E-state index contributed by atoms with van der Waals surface area (Å²) in [6.07, 6.45) is 0. The third kappa shape index (κ3) is 3.40. The highest BCUT2D eigenvalue weighted by Crippen LogP contribution is 2.20. The average molecular weight is 277 g/mol. The van der Waals surface area contributed by atoms with Gasteiger partial charge in [-0.05, 0) is 34.5 Å². The molecule has 14 heavy (non-hydrogen) atoms. The van der Waals surface area contributed by atoms with E-state index in [4.69, 9.17) is 5.73 Å². The van der Waals surface area contributed by atoms with Crippen LogP contribution in [-0.4, -0.2) is 19.0 Å². The second kappa shape index (κ2) is 5.48. The maximum Gasteiger partial charge on any atom is 0.252 e. The van der Waals surface area contributed by atoms with Crippen molar-refractivity contribution < 1.29 is 4.79 Å². The molecule has 0 radical (unpaired) electrons. The molecule has 0 aromatic carbocycles. The van der Waals surface area contributed by atoms with Crippen molar-refractivity contribution in [2.75, 3.05) is 13.1 Å². The van der Waals surface area contributed by atoms with E-state index in [9.17, 15) is 4.79 Å². The molecular formula is C9H13BrN2OS. The number of hydrogen-bond acceptors (Lipinski definition) is 3. The van der Waals surface area contributed by atoms with E-state index in [2.05, 4.69) is 21.2 Å². The molecule has 0 bridgehead atoms. The Labute approximate surface area is 95.8 Å². The van der Waals surface area contributed by atoms with Crippen molar-refractivity contribution in [2.24, 2.45) is 11.7 Å². The minimum atomic E-state index is -0.0350. The molecule has 1 heterocycles. The van der Waals surface area contributed by atoms with Crippen LogP contribution < -0.4 is 11.1 Å². The Morgan fingerprint density at radius 1 is 1.79 bits per heavy atom. The molecule has 5 heteroatoms. The predicted molar refractivity (Wildman–Crippen MR) is 62.6 cm³/mol. The van der Waals surface area contributed by atoms with E-state index in [1.807, 2.05) is 18.4 Å². The van der Waals surface area contributed by atoms with E-state index < -0.39 is 0 Å². The Bertz CT molecular complexity index is 314. The van der Waals surface area contributed by atoms with Crippen LogP contribution in [0, 0.1) is 5.92 Å². The predicted octanol–water partition coefficient (Wildman–Crippen LogP) is 1.84. The zero-order valence-electron chi connectivity index (χ0n) is 7.92. The highest BCUT2D eigenvalue weighted by Gasteiger charge is 2.08. The van der Waals surface area contributed by atoms with Gasteiger partial charge in [0.15, 0.2) is 0 Å². The smallest absolute Gasteiger partial charge is 0.252 e. The highest BCUT2D eigenvalue weighted by atomic mass is 79.9. The molecule has 0 aliphatic heterocycles. The Morgan fingerprint density at radius 2 is 2.50 bits per heavy atom. The van der Waals surface area contributed by atoms with Gasteiger partial charge in [-0.1, -0.05) is 6.92 Å². The Hall–Kier alpha value is -0.390. The van der Waals surface area contributed by atoms with E-state index >= 15 is 0 Å². The Balaban J connectivity index is 2.43. The maximum absolute atomic E-state index is 11.5. The van der Waals surface area contributed by atoms with Crippen LogP contribution in [0.3, 0.4) is 0 Å². The molecule has 0 spiro atoms. The summed E-state index contributed by atoms with van der Waals surface area (Å²) in [5, 5.41) is 4.66. The van der Waals surface area contributed by atoms with E-state index in [1.54, 1.807) is 0 Å². The summed E-state index contributed by atoms with van der Waals surface area (Å²) >= 11 is 4.82. The number of halogens is 1. The van der Waals surface area contributed by atoms with Crippen LogP contribution >= 0.6 is 27.3 Å². The van der Waals surface area contributed by atoms with Gasteiger partial charge >= 0.3 is 0 Å². The molecule has 1 rings (SSSR count). The van der Waals surface area contributed by atoms with Gasteiger partial charge in [-0.2, -0.15) is 0 Å². The molecule has 1 atom stereocenters. The van der Waals surface area contributed by atoms with Crippen molar-refractivity contribution in [3.63, 3.8) is 0 Å². The third-order valence-electron chi connectivity index (χ3n) is 1.84. The standard InChI is InChI=1S/C9H13BrN2OS/c1-6(3-11)4-12-9(13)7-2-8(10)14-5-7/h2,5-6H,3-4,11H2,1H3,(H,12,13). The Kier molecular flexibility index (Phi) is 4.57. The lowest BCUT2D eigenvalue weighted by molar-refractivity contribution is 0.0949. The topological polar surface area (TPSA) is 55.1 Å². The van der Waals surface area contributed by atoms with Crippen LogP contribution in [0.25, 0.3) is 0 Å². The summed E-state index contributed by atoms with van der Waals surface area (Å²) in [4.78, 5) is 11.5. The van der Waals surface area contributed by atoms with Gasteiger partial charge in [0, 0.05) is 11.9 Å². The molecule has 0 fully saturated rings. The normalized spacial score (nSPS) is 12.5. The van der Waals surface area contributed by atoms with E-state index in [0.29, 0.717) is 24.6 Å². The molecule has 1 amide bonds. The fourth-order valence-corrected chi connectivity index (χ4v) is 2.02. The van der Waals surface area contributed by atoms with Crippen molar-refractivity contribution in [3.8, 4) is 0 Å². The largest absolute Gasteiger partial charge is 0.352 e. The van der Waals surface area contributed by atoms with Gasteiger partial charge in [0.1, 0.15) is 0 Å². The summed E-state index contributed by atoms with van der Waals surface area (Å²) in [5.74, 6) is 0.285. The van der Waals surface area contributed by atoms with E-state index in [-0.39, 0.29) is 5.91 Å². The molecule has 78 valence electrons. The number of rotatable bonds is 4. The number of nitrogens with one attached hydrogen (secondary N) is 1. The van der Waals surface area contributed by atoms with Crippen molar-refractivity contribution in [3.05, 3.63) is 20.8 Å². The summed E-state index contributed by atoms with van der Waals surface area (Å²) in [6, 6.07) is 1.81. The van der Waals surface area contributed by atoms with Crippen molar-refractivity contribution in [1.29, 1.82) is 0 Å². The molecule has 0 saturated carbocycles. The lowest BCUT2D eigenvalue weighted by Crippen LogP contribution is -2.30. The number of carbonyl (C=O) groups is 1. The van der Waals surface area contributed by atoms with Gasteiger partial charge < -0.3 is 11.1 Å². The molecule has 0 aliphatic rings. The first-order valence-electron chi connectivity index (χ1n) is 4.35. The molecule has 0 saturated heterocycles. The minimum absolute atomic E-state index is 0.0350. The first kappa shape index (κ1) is 11.7. The maximum atomic E-state index is 11.5. The Morgan fingerprint density at radius 3 is 3.00 bits per heavy atom. The third-order valence-corrected chi connectivity index (χ3v) is 3.35. The molecule has 3 N–H and O–H groups in total. The van der Waals surface area contributed by atoms with Gasteiger partial charge in [-0.25, -0.2) is 0 Å². The second-order valence-corrected chi connectivity index (χ2v) is 5.48. The van der Waals surface area contributed by atoms with Gasteiger partial charge in [-0.3, -0.25) is 4.79 Å². The number of thiophene rings is 1. The van der Waals surface area contributed by atoms with Gasteiger partial charge in [0.25, 0.3) is 5.91 Å². The van der Waals surface area contributed by atoms with E-state index in [0.717, 1.165) is 3.79 Å². The lowest BCUT2D eigenvalue weighted by atomic mass is 10.2. The summed E-state index contributed by atoms with van der Waals surface area (Å²) < 4.78 is 0.967. The van der Waals surface area contributed by atoms with Gasteiger partial charge in [0.2, 0.25) is 0 Å². The fraction of sp³-hybridized carbons (Fsp3) is 0.444. The zero-order chi connectivity index (χ0) is 10.6. The molecule has 1 aromatic heterocycles. The summed E-state index contributed by atoms with van der Waals surface area (Å²) in [5.41, 5.74) is 6.14. The van der Waals surface area contributed by atoms with Gasteiger partial charge in [0.05, 0.1) is 9.35 Å². The molecular weight excluding hydrogens is 264 g/mol. The quantitative estimate of drug-likeness (QED) is 0.882. The minimum Gasteiger partial charge on any atom is -0.352 e. The van der Waals surface area contributed by atoms with Crippen LogP contribution in [0.4, 0.5) is 0 Å². The molecule has 3 nitrogen and oxygen atoms in total. The van der Waals surface area contributed by atoms with Crippen LogP contribution in [-0.2, 0) is 0 Å². The number of amides is 1. The first-order chi connectivity index (χ1) is 6.63. The van der Waals surface area contributed by atoms with Crippen LogP contribution in [0.1, 0.15) is 17.3 Å². The summed E-state index contributed by atoms with van der Waals surface area (Å²) in [6.45, 7) is 3.22. The first-order valence-corrected chi connectivity index (χ1v) is 6.03. The van der Waals surface area contributed by atoms with Crippen LogP contribution in [0.5, 0.6) is 0 Å². The molecule has 1 aromatic rings. The fourth-order valence-electron chi connectivity index (χ4n) is 0.881. The highest BCUT2D eigenvalue weighted by molar-refractivity contribution is 9.11. The number of carbonyl (C=O) groups excluding carboxylic acids is 1. The van der Waals surface area contributed by atoms with Crippen LogP contribution in [0.2, 0.25) is 0 Å². The van der Waals surface area contributed by atoms with Crippen molar-refractivity contribution in [1.82, 2.24) is 5.32 Å². The zero-order valence-corrected chi connectivity index (χ0v) is 10.3. The SMILES string of the molecule is CC(CN)CNC(=O)c1csc(Br)c1. The number of nitrogens with two attached hydrogens (primary N) is 1. The second-order valence-electron chi connectivity index (χ2n) is 3.19.